The van der Waals surface area contributed by atoms with Gasteiger partial charge in [0.15, 0.2) is 6.04 Å². The number of amides is 1. The van der Waals surface area contributed by atoms with Crippen molar-refractivity contribution in [3.63, 3.8) is 0 Å². The number of hydrogen-bond acceptors (Lipinski definition) is 6. The van der Waals surface area contributed by atoms with Crippen molar-refractivity contribution in [3.8, 4) is 0 Å². The number of nitro groups is 1. The Bertz CT molecular complexity index is 650. The minimum atomic E-state index is -1.19. The predicted molar refractivity (Wildman–Crippen MR) is 73.1 cm³/mol. The zero-order valence-electron chi connectivity index (χ0n) is 9.81. The van der Waals surface area contributed by atoms with Gasteiger partial charge in [-0.3, -0.25) is 14.9 Å². The van der Waals surface area contributed by atoms with Crippen molar-refractivity contribution in [2.45, 2.75) is 6.04 Å². The molecule has 0 saturated carbocycles. The van der Waals surface area contributed by atoms with Gasteiger partial charge >= 0.3 is 11.0 Å². The van der Waals surface area contributed by atoms with Gasteiger partial charge in [-0.25, -0.2) is 4.79 Å². The van der Waals surface area contributed by atoms with Crippen LogP contribution >= 0.6 is 22.7 Å². The summed E-state index contributed by atoms with van der Waals surface area (Å²) in [5.74, 6) is -1.85. The Labute approximate surface area is 120 Å². The van der Waals surface area contributed by atoms with E-state index in [2.05, 4.69) is 5.32 Å². The molecule has 0 bridgehead atoms. The second kappa shape index (κ2) is 5.80. The Balaban J connectivity index is 2.16. The molecule has 9 heteroatoms. The third-order valence-corrected chi connectivity index (χ3v) is 4.20. The van der Waals surface area contributed by atoms with Gasteiger partial charge in [0.25, 0.3) is 5.91 Å². The van der Waals surface area contributed by atoms with Gasteiger partial charge in [0.1, 0.15) is 0 Å². The van der Waals surface area contributed by atoms with Gasteiger partial charge < -0.3 is 10.4 Å². The third kappa shape index (κ3) is 3.00. The normalized spacial score (nSPS) is 11.8. The maximum Gasteiger partial charge on any atom is 0.331 e. The Morgan fingerprint density at radius 2 is 2.15 bits per heavy atom. The maximum absolute atomic E-state index is 11.9. The summed E-state index contributed by atoms with van der Waals surface area (Å²) in [4.78, 5) is 33.5. The van der Waals surface area contributed by atoms with Crippen LogP contribution in [0.4, 0.5) is 5.00 Å². The monoisotopic (exact) mass is 312 g/mol. The summed E-state index contributed by atoms with van der Waals surface area (Å²) in [6.45, 7) is 0. The van der Waals surface area contributed by atoms with E-state index in [4.69, 9.17) is 5.11 Å². The molecular weight excluding hydrogens is 304 g/mol. The van der Waals surface area contributed by atoms with Crippen LogP contribution in [0, 0.1) is 10.1 Å². The number of carbonyl (C=O) groups excluding carboxylic acids is 1. The summed E-state index contributed by atoms with van der Waals surface area (Å²) in [7, 11) is 0. The Kier molecular flexibility index (Phi) is 4.11. The van der Waals surface area contributed by atoms with Gasteiger partial charge in [-0.15, -0.1) is 11.3 Å². The smallest absolute Gasteiger partial charge is 0.331 e. The number of aliphatic carboxylic acids is 1. The third-order valence-electron chi connectivity index (χ3n) is 2.38. The van der Waals surface area contributed by atoms with Crippen LogP contribution in [0.3, 0.4) is 0 Å². The van der Waals surface area contributed by atoms with Crippen LogP contribution in [0.1, 0.15) is 21.3 Å². The molecular formula is C11H8N2O5S2. The summed E-state index contributed by atoms with van der Waals surface area (Å²) in [6, 6.07) is 3.23. The molecule has 20 heavy (non-hydrogen) atoms. The topological polar surface area (TPSA) is 110 Å². The molecule has 1 amide bonds. The molecule has 0 fully saturated rings. The lowest BCUT2D eigenvalue weighted by molar-refractivity contribution is -0.380. The summed E-state index contributed by atoms with van der Waals surface area (Å²) in [6.07, 6.45) is 0. The fourth-order valence-electron chi connectivity index (χ4n) is 1.46. The average Bonchev–Trinajstić information content (AvgIpc) is 3.05. The van der Waals surface area contributed by atoms with Gasteiger partial charge in [0.2, 0.25) is 0 Å². The van der Waals surface area contributed by atoms with E-state index >= 15 is 0 Å². The second-order valence-electron chi connectivity index (χ2n) is 3.69. The van der Waals surface area contributed by atoms with E-state index in [0.29, 0.717) is 4.88 Å². The molecule has 1 unspecified atom stereocenters. The summed E-state index contributed by atoms with van der Waals surface area (Å²) < 4.78 is 0. The minimum Gasteiger partial charge on any atom is -0.479 e. The van der Waals surface area contributed by atoms with Crippen LogP contribution in [-0.2, 0) is 4.79 Å². The van der Waals surface area contributed by atoms with E-state index in [1.54, 1.807) is 17.5 Å². The lowest BCUT2D eigenvalue weighted by Gasteiger charge is -2.11. The molecule has 1 atom stereocenters. The Hall–Kier alpha value is -2.26. The molecule has 7 nitrogen and oxygen atoms in total. The maximum atomic E-state index is 11.9. The molecule has 2 aromatic heterocycles. The number of nitrogens with zero attached hydrogens (tertiary/aromatic N) is 1. The molecule has 2 heterocycles. The molecule has 0 aromatic carbocycles. The number of rotatable bonds is 5. The molecule has 0 aliphatic heterocycles. The fraction of sp³-hybridized carbons (Fsp3) is 0.0909. The number of carboxylic acid groups (broad SMARTS) is 1. The van der Waals surface area contributed by atoms with Crippen LogP contribution in [0.15, 0.2) is 29.0 Å². The first-order valence-electron chi connectivity index (χ1n) is 5.29. The van der Waals surface area contributed by atoms with Crippen LogP contribution < -0.4 is 5.32 Å². The standard InChI is InChI=1S/C11H8N2O5S2/c14-10(6-4-8(13(17)18)20-5-6)12-9(11(15)16)7-2-1-3-19-7/h1-5,9H,(H,12,14)(H,15,16). The van der Waals surface area contributed by atoms with Crippen molar-refractivity contribution < 1.29 is 19.6 Å². The fourth-order valence-corrected chi connectivity index (χ4v) is 2.94. The highest BCUT2D eigenvalue weighted by atomic mass is 32.1. The minimum absolute atomic E-state index is 0.0736. The van der Waals surface area contributed by atoms with Crippen LogP contribution in [0.25, 0.3) is 0 Å². The van der Waals surface area contributed by atoms with Gasteiger partial charge in [0, 0.05) is 16.3 Å². The molecule has 0 spiro atoms. The summed E-state index contributed by atoms with van der Waals surface area (Å²) in [5.41, 5.74) is 0.0736. The predicted octanol–water partition coefficient (Wildman–Crippen LogP) is 2.27. The lowest BCUT2D eigenvalue weighted by Crippen LogP contribution is -2.32. The van der Waals surface area contributed by atoms with Crippen LogP contribution in [0.5, 0.6) is 0 Å². The zero-order chi connectivity index (χ0) is 14.7. The molecule has 104 valence electrons. The van der Waals surface area contributed by atoms with Crippen molar-refractivity contribution in [2.24, 2.45) is 0 Å². The van der Waals surface area contributed by atoms with E-state index in [1.807, 2.05) is 0 Å². The number of hydrogen-bond donors (Lipinski definition) is 2. The van der Waals surface area contributed by atoms with Crippen molar-refractivity contribution in [1.29, 1.82) is 0 Å². The average molecular weight is 312 g/mol. The van der Waals surface area contributed by atoms with Gasteiger partial charge in [-0.1, -0.05) is 17.4 Å². The second-order valence-corrected chi connectivity index (χ2v) is 5.56. The van der Waals surface area contributed by atoms with Crippen LogP contribution in [0.2, 0.25) is 0 Å². The molecule has 2 rings (SSSR count). The number of carbonyl (C=O) groups is 2. The molecule has 0 radical (unpaired) electrons. The first-order valence-corrected chi connectivity index (χ1v) is 7.05. The molecule has 2 aromatic rings. The van der Waals surface area contributed by atoms with E-state index in [0.717, 1.165) is 17.4 Å². The highest BCUT2D eigenvalue weighted by molar-refractivity contribution is 7.13. The van der Waals surface area contributed by atoms with Crippen LogP contribution in [-0.4, -0.2) is 21.9 Å². The summed E-state index contributed by atoms with van der Waals surface area (Å²) >= 11 is 2.02. The Morgan fingerprint density at radius 1 is 1.40 bits per heavy atom. The number of nitrogens with one attached hydrogen (secondary N) is 1. The van der Waals surface area contributed by atoms with Crippen molar-refractivity contribution in [2.75, 3.05) is 0 Å². The van der Waals surface area contributed by atoms with Crippen molar-refractivity contribution >= 4 is 39.6 Å². The highest BCUT2D eigenvalue weighted by Crippen LogP contribution is 2.24. The van der Waals surface area contributed by atoms with Crippen molar-refractivity contribution in [3.05, 3.63) is 49.5 Å². The number of thiophene rings is 2. The number of carboxylic acids is 1. The summed E-state index contributed by atoms with van der Waals surface area (Å²) in [5, 5.41) is 24.9. The van der Waals surface area contributed by atoms with E-state index in [9.17, 15) is 19.7 Å². The largest absolute Gasteiger partial charge is 0.479 e. The zero-order valence-corrected chi connectivity index (χ0v) is 11.4. The Morgan fingerprint density at radius 3 is 2.65 bits per heavy atom. The molecule has 2 N–H and O–H groups in total. The van der Waals surface area contributed by atoms with Gasteiger partial charge in [-0.05, 0) is 11.4 Å². The molecule has 0 aliphatic rings. The van der Waals surface area contributed by atoms with Crippen molar-refractivity contribution in [1.82, 2.24) is 5.32 Å². The lowest BCUT2D eigenvalue weighted by atomic mass is 10.2. The molecule has 0 saturated heterocycles. The first kappa shape index (κ1) is 14.2. The van der Waals surface area contributed by atoms with E-state index in [1.165, 1.54) is 16.7 Å². The first-order chi connectivity index (χ1) is 9.49. The SMILES string of the molecule is O=C(NC(C(=O)O)c1cccs1)c1csc([N+](=O)[O-])c1. The highest BCUT2D eigenvalue weighted by Gasteiger charge is 2.25. The van der Waals surface area contributed by atoms with E-state index in [-0.39, 0.29) is 10.6 Å². The van der Waals surface area contributed by atoms with Gasteiger partial charge in [-0.2, -0.15) is 0 Å². The quantitative estimate of drug-likeness (QED) is 0.650. The van der Waals surface area contributed by atoms with E-state index < -0.39 is 22.8 Å². The van der Waals surface area contributed by atoms with Gasteiger partial charge in [0.05, 0.1) is 10.5 Å². The molecule has 0 aliphatic carbocycles.